The average molecular weight is 232 g/mol. The van der Waals surface area contributed by atoms with Crippen molar-refractivity contribution in [3.8, 4) is 6.07 Å². The molecule has 0 saturated heterocycles. The number of methoxy groups -OCH3 is 1. The number of nitrogens with zero attached hydrogens (tertiary/aromatic N) is 1. The van der Waals surface area contributed by atoms with Gasteiger partial charge in [0.15, 0.2) is 0 Å². The van der Waals surface area contributed by atoms with Crippen LogP contribution in [0.25, 0.3) is 0 Å². The van der Waals surface area contributed by atoms with Gasteiger partial charge in [0.05, 0.1) is 17.7 Å². The molecule has 0 aromatic heterocycles. The highest BCUT2D eigenvalue weighted by atomic mass is 16.5. The molecule has 1 N–H and O–H groups in total. The van der Waals surface area contributed by atoms with Gasteiger partial charge in [-0.25, -0.2) is 0 Å². The van der Waals surface area contributed by atoms with E-state index in [4.69, 9.17) is 10.00 Å². The maximum atomic E-state index is 9.09. The van der Waals surface area contributed by atoms with Crippen molar-refractivity contribution < 1.29 is 4.74 Å². The summed E-state index contributed by atoms with van der Waals surface area (Å²) < 4.78 is 5.33. The van der Waals surface area contributed by atoms with E-state index in [1.807, 2.05) is 44.2 Å². The molecule has 0 radical (unpaired) electrons. The summed E-state index contributed by atoms with van der Waals surface area (Å²) in [6.07, 6.45) is 0.673. The van der Waals surface area contributed by atoms with Crippen LogP contribution in [0, 0.1) is 11.3 Å². The van der Waals surface area contributed by atoms with Crippen LogP contribution in [0.2, 0.25) is 0 Å². The molecule has 0 fully saturated rings. The van der Waals surface area contributed by atoms with Gasteiger partial charge >= 0.3 is 0 Å². The van der Waals surface area contributed by atoms with E-state index in [9.17, 15) is 0 Å². The summed E-state index contributed by atoms with van der Waals surface area (Å²) in [7, 11) is 1.67. The van der Waals surface area contributed by atoms with Gasteiger partial charge in [0.2, 0.25) is 0 Å². The smallest absolute Gasteiger partial charge is 0.0982 e. The Labute approximate surface area is 103 Å². The fraction of sp³-hybridized carbons (Fsp3) is 0.500. The number of nitriles is 1. The van der Waals surface area contributed by atoms with E-state index in [2.05, 4.69) is 11.4 Å². The highest BCUT2D eigenvalue weighted by Gasteiger charge is 2.22. The number of hydrogen-bond donors (Lipinski definition) is 1. The summed E-state index contributed by atoms with van der Waals surface area (Å²) in [6.45, 7) is 4.68. The predicted octanol–water partition coefficient (Wildman–Crippen LogP) is 2.48. The lowest BCUT2D eigenvalue weighted by atomic mass is 9.99. The number of ether oxygens (including phenoxy) is 1. The van der Waals surface area contributed by atoms with Crippen molar-refractivity contribution in [1.82, 2.24) is 5.32 Å². The van der Waals surface area contributed by atoms with Gasteiger partial charge in [0, 0.05) is 20.1 Å². The van der Waals surface area contributed by atoms with Crippen molar-refractivity contribution >= 4 is 0 Å². The first-order valence-electron chi connectivity index (χ1n) is 5.79. The first-order chi connectivity index (χ1) is 8.07. The van der Waals surface area contributed by atoms with E-state index in [1.165, 1.54) is 5.56 Å². The van der Waals surface area contributed by atoms with Crippen molar-refractivity contribution in [2.75, 3.05) is 7.11 Å². The Kier molecular flexibility index (Phi) is 5.14. The second kappa shape index (κ2) is 6.39. The Hall–Kier alpha value is -1.37. The van der Waals surface area contributed by atoms with Gasteiger partial charge in [-0.3, -0.25) is 5.32 Å². The van der Waals surface area contributed by atoms with Crippen molar-refractivity contribution in [3.63, 3.8) is 0 Å². The quantitative estimate of drug-likeness (QED) is 0.819. The Bertz CT molecular complexity index is 368. The zero-order chi connectivity index (χ0) is 12.7. The topological polar surface area (TPSA) is 45.0 Å². The fourth-order valence-electron chi connectivity index (χ4n) is 1.58. The Morgan fingerprint density at radius 2 is 2.00 bits per heavy atom. The molecule has 0 saturated carbocycles. The maximum absolute atomic E-state index is 9.09. The molecule has 1 unspecified atom stereocenters. The Balaban J connectivity index is 2.46. The summed E-state index contributed by atoms with van der Waals surface area (Å²) in [4.78, 5) is 0. The third-order valence-corrected chi connectivity index (χ3v) is 2.80. The van der Waals surface area contributed by atoms with Crippen LogP contribution >= 0.6 is 0 Å². The van der Waals surface area contributed by atoms with E-state index < -0.39 is 0 Å². The van der Waals surface area contributed by atoms with Crippen molar-refractivity contribution in [2.24, 2.45) is 0 Å². The van der Waals surface area contributed by atoms with Crippen molar-refractivity contribution in [2.45, 2.75) is 38.5 Å². The van der Waals surface area contributed by atoms with Crippen LogP contribution in [0.15, 0.2) is 30.3 Å². The van der Waals surface area contributed by atoms with Crippen LogP contribution in [0.4, 0.5) is 0 Å². The number of nitrogens with one attached hydrogen (secondary N) is 1. The zero-order valence-corrected chi connectivity index (χ0v) is 10.7. The molecule has 0 aliphatic heterocycles. The summed E-state index contributed by atoms with van der Waals surface area (Å²) in [5, 5.41) is 12.3. The highest BCUT2D eigenvalue weighted by molar-refractivity contribution is 5.14. The molecule has 0 spiro atoms. The van der Waals surface area contributed by atoms with Gasteiger partial charge < -0.3 is 4.74 Å². The van der Waals surface area contributed by atoms with E-state index >= 15 is 0 Å². The zero-order valence-electron chi connectivity index (χ0n) is 10.7. The van der Waals surface area contributed by atoms with Gasteiger partial charge in [0.1, 0.15) is 0 Å². The molecule has 0 aliphatic rings. The van der Waals surface area contributed by atoms with Gasteiger partial charge in [-0.2, -0.15) is 5.26 Å². The van der Waals surface area contributed by atoms with Gasteiger partial charge in [-0.1, -0.05) is 30.3 Å². The lowest BCUT2D eigenvalue weighted by Crippen LogP contribution is -2.36. The van der Waals surface area contributed by atoms with Crippen LogP contribution in [-0.4, -0.2) is 18.8 Å². The molecule has 3 heteroatoms. The molecule has 17 heavy (non-hydrogen) atoms. The van der Waals surface area contributed by atoms with E-state index in [1.54, 1.807) is 7.11 Å². The summed E-state index contributed by atoms with van der Waals surface area (Å²) in [6, 6.07) is 12.2. The second-order valence-electron chi connectivity index (χ2n) is 4.72. The molecule has 0 bridgehead atoms. The summed E-state index contributed by atoms with van der Waals surface area (Å²) in [5.74, 6) is 0. The molecule has 1 aromatic carbocycles. The molecular formula is C14H20N2O. The molecule has 0 amide bonds. The van der Waals surface area contributed by atoms with Crippen LogP contribution in [0.3, 0.4) is 0 Å². The maximum Gasteiger partial charge on any atom is 0.0982 e. The number of hydrogen-bond acceptors (Lipinski definition) is 3. The third kappa shape index (κ3) is 4.99. The first kappa shape index (κ1) is 13.7. The SMILES string of the molecule is COC(C)(C)CC(C#N)NCc1ccccc1. The molecule has 1 atom stereocenters. The fourth-order valence-corrected chi connectivity index (χ4v) is 1.58. The van der Waals surface area contributed by atoms with Gasteiger partial charge in [-0.15, -0.1) is 0 Å². The predicted molar refractivity (Wildman–Crippen MR) is 68.4 cm³/mol. The van der Waals surface area contributed by atoms with Crippen LogP contribution in [-0.2, 0) is 11.3 Å². The number of benzene rings is 1. The van der Waals surface area contributed by atoms with E-state index in [0.29, 0.717) is 13.0 Å². The molecule has 1 rings (SSSR count). The average Bonchev–Trinajstić information content (AvgIpc) is 2.35. The van der Waals surface area contributed by atoms with Crippen LogP contribution in [0.1, 0.15) is 25.8 Å². The first-order valence-corrected chi connectivity index (χ1v) is 5.79. The standard InChI is InChI=1S/C14H20N2O/c1-14(2,17-3)9-13(10-15)16-11-12-7-5-4-6-8-12/h4-8,13,16H,9,11H2,1-3H3. The summed E-state index contributed by atoms with van der Waals surface area (Å²) in [5.41, 5.74) is 0.910. The molecular weight excluding hydrogens is 212 g/mol. The summed E-state index contributed by atoms with van der Waals surface area (Å²) >= 11 is 0. The van der Waals surface area contributed by atoms with Crippen molar-refractivity contribution in [3.05, 3.63) is 35.9 Å². The second-order valence-corrected chi connectivity index (χ2v) is 4.72. The monoisotopic (exact) mass is 232 g/mol. The lowest BCUT2D eigenvalue weighted by Gasteiger charge is -2.25. The molecule has 3 nitrogen and oxygen atoms in total. The van der Waals surface area contributed by atoms with E-state index in [-0.39, 0.29) is 11.6 Å². The molecule has 92 valence electrons. The Morgan fingerprint density at radius 3 is 2.53 bits per heavy atom. The minimum absolute atomic E-state index is 0.190. The molecule has 1 aromatic rings. The lowest BCUT2D eigenvalue weighted by molar-refractivity contribution is 0.0111. The number of rotatable bonds is 6. The van der Waals surface area contributed by atoms with Crippen LogP contribution in [0.5, 0.6) is 0 Å². The normalized spacial score (nSPS) is 13.1. The Morgan fingerprint density at radius 1 is 1.35 bits per heavy atom. The van der Waals surface area contributed by atoms with Crippen LogP contribution < -0.4 is 5.32 Å². The van der Waals surface area contributed by atoms with Gasteiger partial charge in [0.25, 0.3) is 0 Å². The highest BCUT2D eigenvalue weighted by Crippen LogP contribution is 2.15. The minimum atomic E-state index is -0.274. The third-order valence-electron chi connectivity index (χ3n) is 2.80. The van der Waals surface area contributed by atoms with Gasteiger partial charge in [-0.05, 0) is 19.4 Å². The van der Waals surface area contributed by atoms with E-state index in [0.717, 1.165) is 0 Å². The molecule has 0 aliphatic carbocycles. The minimum Gasteiger partial charge on any atom is -0.379 e. The molecule has 0 heterocycles. The largest absolute Gasteiger partial charge is 0.379 e. The van der Waals surface area contributed by atoms with Crippen molar-refractivity contribution in [1.29, 1.82) is 5.26 Å².